The Morgan fingerprint density at radius 3 is 1.91 bits per heavy atom. The van der Waals surface area contributed by atoms with E-state index in [1.165, 1.54) is 107 Å². The van der Waals surface area contributed by atoms with E-state index in [0.717, 1.165) is 23.3 Å². The molecule has 0 saturated heterocycles. The second-order valence-electron chi connectivity index (χ2n) is 20.5. The predicted molar refractivity (Wildman–Crippen MR) is 221 cm³/mol. The molecule has 4 atom stereocenters. The average molecular weight is 708 g/mol. The molecule has 1 heterocycles. The van der Waals surface area contributed by atoms with Crippen LogP contribution in [-0.2, 0) is 21.7 Å². The zero-order chi connectivity index (χ0) is 36.6. The molecule has 54 heavy (non-hydrogen) atoms. The van der Waals surface area contributed by atoms with Crippen LogP contribution in [0, 0.1) is 29.1 Å². The van der Waals surface area contributed by atoms with Crippen LogP contribution in [0.4, 0.5) is 17.1 Å². The third kappa shape index (κ3) is 3.74. The van der Waals surface area contributed by atoms with Gasteiger partial charge in [-0.2, -0.15) is 0 Å². The number of benzene rings is 5. The molecule has 5 aromatic carbocycles. The highest BCUT2D eigenvalue weighted by atomic mass is 16.5. The quantitative estimate of drug-likeness (QED) is 0.185. The number of hydrogen-bond donors (Lipinski definition) is 0. The first-order valence-electron chi connectivity index (χ1n) is 21.0. The topological polar surface area (TPSA) is 12.5 Å². The minimum absolute atomic E-state index is 0.0187. The third-order valence-corrected chi connectivity index (χ3v) is 16.8. The van der Waals surface area contributed by atoms with Crippen molar-refractivity contribution >= 4 is 17.1 Å². The number of anilines is 3. The number of rotatable bonds is 3. The molecule has 0 amide bonds. The van der Waals surface area contributed by atoms with Crippen LogP contribution in [0.15, 0.2) is 103 Å². The highest BCUT2D eigenvalue weighted by Crippen LogP contribution is 2.85. The van der Waals surface area contributed by atoms with Gasteiger partial charge in [0.15, 0.2) is 0 Å². The fourth-order valence-electron chi connectivity index (χ4n) is 14.6. The largest absolute Gasteiger partial charge is 0.457 e. The van der Waals surface area contributed by atoms with E-state index in [1.807, 2.05) is 0 Å². The molecule has 3 bridgehead atoms. The maximum atomic E-state index is 6.94. The van der Waals surface area contributed by atoms with Gasteiger partial charge in [-0.05, 0) is 155 Å². The number of hydrogen-bond acceptors (Lipinski definition) is 2. The summed E-state index contributed by atoms with van der Waals surface area (Å²) in [6, 6.07) is 40.1. The van der Waals surface area contributed by atoms with Crippen molar-refractivity contribution in [3.05, 3.63) is 137 Å². The van der Waals surface area contributed by atoms with Crippen molar-refractivity contribution in [2.45, 2.75) is 108 Å². The molecule has 6 aliphatic carbocycles. The highest BCUT2D eigenvalue weighted by Gasteiger charge is 2.79. The Morgan fingerprint density at radius 2 is 1.15 bits per heavy atom. The summed E-state index contributed by atoms with van der Waals surface area (Å²) in [6.07, 6.45) is 9.54. The normalized spacial score (nSPS) is 31.4. The second-order valence-corrected chi connectivity index (χ2v) is 20.5. The molecule has 2 nitrogen and oxygen atoms in total. The molecule has 2 heteroatoms. The van der Waals surface area contributed by atoms with Crippen LogP contribution in [0.2, 0.25) is 0 Å². The maximum Gasteiger partial charge on any atom is 0.131 e. The molecule has 272 valence electrons. The number of fused-ring (bicyclic) bond motifs is 12. The first kappa shape index (κ1) is 32.0. The van der Waals surface area contributed by atoms with Crippen LogP contribution in [0.5, 0.6) is 11.5 Å². The lowest BCUT2D eigenvalue weighted by Crippen LogP contribution is -2.64. The molecule has 0 N–H and O–H groups in total. The molecule has 12 rings (SSSR count). The van der Waals surface area contributed by atoms with Crippen molar-refractivity contribution in [2.75, 3.05) is 4.90 Å². The predicted octanol–water partition coefficient (Wildman–Crippen LogP) is 13.7. The summed E-state index contributed by atoms with van der Waals surface area (Å²) < 4.78 is 6.94. The molecule has 4 fully saturated rings. The van der Waals surface area contributed by atoms with Crippen molar-refractivity contribution < 1.29 is 4.74 Å². The van der Waals surface area contributed by atoms with Crippen LogP contribution < -0.4 is 9.64 Å². The van der Waals surface area contributed by atoms with E-state index in [1.54, 1.807) is 0 Å². The summed E-state index contributed by atoms with van der Waals surface area (Å²) in [4.78, 5) is 2.64. The second kappa shape index (κ2) is 10.1. The van der Waals surface area contributed by atoms with Gasteiger partial charge in [-0.3, -0.25) is 0 Å². The molecule has 0 aromatic heterocycles. The lowest BCUT2D eigenvalue weighted by atomic mass is 9.37. The molecular weight excluding hydrogens is 655 g/mol. The van der Waals surface area contributed by atoms with Crippen LogP contribution in [0.3, 0.4) is 0 Å². The van der Waals surface area contributed by atoms with E-state index < -0.39 is 0 Å². The van der Waals surface area contributed by atoms with Crippen molar-refractivity contribution in [1.29, 1.82) is 0 Å². The van der Waals surface area contributed by atoms with Crippen LogP contribution in [0.1, 0.15) is 120 Å². The summed E-state index contributed by atoms with van der Waals surface area (Å²) in [5, 5.41) is 0. The van der Waals surface area contributed by atoms with E-state index in [0.29, 0.717) is 17.3 Å². The summed E-state index contributed by atoms with van der Waals surface area (Å²) in [5.74, 6) is 5.36. The van der Waals surface area contributed by atoms with E-state index in [4.69, 9.17) is 4.74 Å². The summed E-state index contributed by atoms with van der Waals surface area (Å²) in [6.45, 7) is 14.6. The molecular formula is C52H53NO. The van der Waals surface area contributed by atoms with Crippen molar-refractivity contribution in [1.82, 2.24) is 0 Å². The van der Waals surface area contributed by atoms with Gasteiger partial charge >= 0.3 is 0 Å². The van der Waals surface area contributed by atoms with Gasteiger partial charge in [-0.25, -0.2) is 0 Å². The molecule has 4 unspecified atom stereocenters. The van der Waals surface area contributed by atoms with Crippen molar-refractivity contribution in [3.8, 4) is 22.6 Å². The van der Waals surface area contributed by atoms with Gasteiger partial charge in [-0.1, -0.05) is 102 Å². The minimum Gasteiger partial charge on any atom is -0.457 e. The van der Waals surface area contributed by atoms with Crippen LogP contribution in [-0.4, -0.2) is 0 Å². The van der Waals surface area contributed by atoms with Gasteiger partial charge in [0, 0.05) is 38.9 Å². The zero-order valence-corrected chi connectivity index (χ0v) is 32.9. The molecule has 2 spiro atoms. The third-order valence-electron chi connectivity index (χ3n) is 16.8. The SMILES string of the molecule is CC1(C)CCC(C)(C)c2cc(N(c3ccc4c(c3)C3(c5ccccc5O4)C4CC5CC6CC3C4(C5)C6)c3cccc4c3-c3ccccc3C4(C)C)ccc21. The van der Waals surface area contributed by atoms with E-state index in [2.05, 4.69) is 150 Å². The maximum absolute atomic E-state index is 6.94. The Hall–Kier alpha value is -4.30. The zero-order valence-electron chi connectivity index (χ0n) is 32.9. The summed E-state index contributed by atoms with van der Waals surface area (Å²) in [5.41, 5.74) is 16.0. The summed E-state index contributed by atoms with van der Waals surface area (Å²) >= 11 is 0. The van der Waals surface area contributed by atoms with Gasteiger partial charge < -0.3 is 9.64 Å². The monoisotopic (exact) mass is 707 g/mol. The lowest BCUT2D eigenvalue weighted by molar-refractivity contribution is -0.0882. The van der Waals surface area contributed by atoms with Crippen LogP contribution >= 0.6 is 0 Å². The van der Waals surface area contributed by atoms with E-state index in [-0.39, 0.29) is 21.7 Å². The fraction of sp³-hybridized carbons (Fsp3) is 0.423. The Bertz CT molecular complexity index is 2420. The molecule has 5 aromatic rings. The Kier molecular flexibility index (Phi) is 5.99. The average Bonchev–Trinajstić information content (AvgIpc) is 3.66. The molecule has 1 aliphatic heterocycles. The van der Waals surface area contributed by atoms with Gasteiger partial charge in [0.25, 0.3) is 0 Å². The number of nitrogens with zero attached hydrogens (tertiary/aromatic N) is 1. The van der Waals surface area contributed by atoms with Crippen molar-refractivity contribution in [2.24, 2.45) is 29.1 Å². The van der Waals surface area contributed by atoms with Crippen LogP contribution in [0.25, 0.3) is 11.1 Å². The van der Waals surface area contributed by atoms with Gasteiger partial charge in [-0.15, -0.1) is 0 Å². The van der Waals surface area contributed by atoms with E-state index >= 15 is 0 Å². The number of ether oxygens (including phenoxy) is 1. The standard InChI is InChI=1S/C52H53NO/c1-48(2)22-23-49(3,4)40-27-33(18-20-37(40)48)53(42-16-11-15-39-47(42)35-12-7-8-13-36(35)50(39,5)6)34-19-21-44-41(28-34)52(38-14-9-10-17-43(38)54-44)45-25-31-24-32-26-46(52)51(45,29-31)30-32/h7-21,27-28,31-32,45-46H,22-26,29-30H2,1-6H3. The molecule has 4 saturated carbocycles. The van der Waals surface area contributed by atoms with Gasteiger partial charge in [0.1, 0.15) is 11.5 Å². The molecule has 7 aliphatic rings. The summed E-state index contributed by atoms with van der Waals surface area (Å²) in [7, 11) is 0. The Morgan fingerprint density at radius 1 is 0.537 bits per heavy atom. The minimum atomic E-state index is -0.0754. The van der Waals surface area contributed by atoms with Gasteiger partial charge in [0.2, 0.25) is 0 Å². The fourth-order valence-corrected chi connectivity index (χ4v) is 14.6. The first-order valence-corrected chi connectivity index (χ1v) is 21.0. The lowest BCUT2D eigenvalue weighted by Gasteiger charge is -2.66. The van der Waals surface area contributed by atoms with Gasteiger partial charge in [0.05, 0.1) is 5.69 Å². The van der Waals surface area contributed by atoms with E-state index in [9.17, 15) is 0 Å². The Labute approximate surface area is 322 Å². The van der Waals surface area contributed by atoms with Crippen molar-refractivity contribution in [3.63, 3.8) is 0 Å². The highest BCUT2D eigenvalue weighted by molar-refractivity contribution is 5.95. The number of para-hydroxylation sites is 1. The smallest absolute Gasteiger partial charge is 0.131 e. The first-order chi connectivity index (χ1) is 25.9. The Balaban J connectivity index is 1.12. The molecule has 0 radical (unpaired) electrons.